The summed E-state index contributed by atoms with van der Waals surface area (Å²) in [6.07, 6.45) is 10.5. The van der Waals surface area contributed by atoms with Gasteiger partial charge in [-0.1, -0.05) is 32.1 Å². The number of ether oxygens (including phenoxy) is 2. The molecular weight excluding hydrogens is 368 g/mol. The highest BCUT2D eigenvalue weighted by Crippen LogP contribution is 2.44. The van der Waals surface area contributed by atoms with Crippen molar-refractivity contribution in [2.24, 2.45) is 23.2 Å². The largest absolute Gasteiger partial charge is 0.462 e. The second-order valence-electron chi connectivity index (χ2n) is 9.65. The summed E-state index contributed by atoms with van der Waals surface area (Å²) in [4.78, 5) is 24.4. The van der Waals surface area contributed by atoms with Crippen LogP contribution in [0.4, 0.5) is 0 Å². The van der Waals surface area contributed by atoms with Gasteiger partial charge in [-0.15, -0.1) is 0 Å². The van der Waals surface area contributed by atoms with Crippen LogP contribution in [0.2, 0.25) is 0 Å². The molecule has 0 bridgehead atoms. The number of aliphatic hydroxyl groups is 1. The van der Waals surface area contributed by atoms with Gasteiger partial charge in [0, 0.05) is 12.3 Å². The maximum absolute atomic E-state index is 12.8. The molecule has 6 atom stereocenters. The van der Waals surface area contributed by atoms with Gasteiger partial charge in [0.1, 0.15) is 12.2 Å². The fourth-order valence-electron chi connectivity index (χ4n) is 4.81. The Morgan fingerprint density at radius 2 is 2.10 bits per heavy atom. The van der Waals surface area contributed by atoms with Gasteiger partial charge in [0.2, 0.25) is 0 Å². The minimum Gasteiger partial charge on any atom is -0.462 e. The number of allylic oxidation sites excluding steroid dienone is 3. The molecule has 3 aliphatic rings. The number of hydrogen-bond donors (Lipinski definition) is 1. The van der Waals surface area contributed by atoms with E-state index in [1.54, 1.807) is 0 Å². The lowest BCUT2D eigenvalue weighted by molar-refractivity contribution is -0.165. The molecule has 0 amide bonds. The van der Waals surface area contributed by atoms with Crippen molar-refractivity contribution in [3.8, 4) is 0 Å². The maximum atomic E-state index is 12.8. The molecule has 1 aliphatic heterocycles. The van der Waals surface area contributed by atoms with Crippen LogP contribution < -0.4 is 0 Å². The molecule has 0 aromatic carbocycles. The molecule has 0 aromatic rings. The minimum absolute atomic E-state index is 0.0970. The first-order valence-electron chi connectivity index (χ1n) is 11.2. The molecule has 1 N–H and O–H groups in total. The first-order valence-corrected chi connectivity index (χ1v) is 11.2. The Labute approximate surface area is 174 Å². The molecular formula is C24H36O5. The van der Waals surface area contributed by atoms with Gasteiger partial charge in [0.15, 0.2) is 0 Å². The van der Waals surface area contributed by atoms with Gasteiger partial charge in [0.25, 0.3) is 0 Å². The molecule has 1 unspecified atom stereocenters. The first-order chi connectivity index (χ1) is 13.7. The topological polar surface area (TPSA) is 72.8 Å². The lowest BCUT2D eigenvalue weighted by Gasteiger charge is -2.42. The first kappa shape index (κ1) is 22.1. The number of carbonyl (C=O) groups is 2. The molecule has 1 heterocycles. The zero-order valence-electron chi connectivity index (χ0n) is 18.2. The van der Waals surface area contributed by atoms with E-state index >= 15 is 0 Å². The van der Waals surface area contributed by atoms with E-state index < -0.39 is 11.5 Å². The van der Waals surface area contributed by atoms with Crippen LogP contribution in [0.15, 0.2) is 23.8 Å². The molecule has 0 radical (unpaired) electrons. The van der Waals surface area contributed by atoms with Gasteiger partial charge in [0.05, 0.1) is 17.9 Å². The van der Waals surface area contributed by atoms with Gasteiger partial charge >= 0.3 is 11.9 Å². The third kappa shape index (κ3) is 5.11. The summed E-state index contributed by atoms with van der Waals surface area (Å²) in [6.45, 7) is 8.11. The Kier molecular flexibility index (Phi) is 6.87. The summed E-state index contributed by atoms with van der Waals surface area (Å²) in [5.41, 5.74) is 0.798. The standard InChI is InChI=1S/C24H36O5/c1-5-24(3,4)23(27)29-20-8-6-7-16-10-9-15(2)19(22(16)20)12-11-18-13-17(25)14-21(26)28-18/h7,9-10,15,17-20,22,25H,5-6,8,11-14H2,1-4H3/t15-,17+,18?,19-,20-,22-/m0/s1. The normalized spacial score (nSPS) is 34.8. The van der Waals surface area contributed by atoms with Crippen molar-refractivity contribution >= 4 is 11.9 Å². The molecule has 1 saturated heterocycles. The van der Waals surface area contributed by atoms with E-state index in [1.807, 2.05) is 20.8 Å². The molecule has 29 heavy (non-hydrogen) atoms. The predicted molar refractivity (Wildman–Crippen MR) is 111 cm³/mol. The lowest BCUT2D eigenvalue weighted by atomic mass is 9.66. The number of aliphatic hydroxyl groups excluding tert-OH is 1. The molecule has 162 valence electrons. The number of cyclic esters (lactones) is 1. The van der Waals surface area contributed by atoms with Crippen LogP contribution in [0.5, 0.6) is 0 Å². The van der Waals surface area contributed by atoms with Crippen molar-refractivity contribution in [1.82, 2.24) is 0 Å². The Bertz CT molecular complexity index is 677. The Morgan fingerprint density at radius 1 is 1.34 bits per heavy atom. The molecule has 0 spiro atoms. The van der Waals surface area contributed by atoms with Crippen LogP contribution in [-0.4, -0.2) is 35.4 Å². The summed E-state index contributed by atoms with van der Waals surface area (Å²) >= 11 is 0. The van der Waals surface area contributed by atoms with Gasteiger partial charge in [-0.25, -0.2) is 0 Å². The van der Waals surface area contributed by atoms with Crippen LogP contribution in [0.25, 0.3) is 0 Å². The third-order valence-corrected chi connectivity index (χ3v) is 7.10. The number of rotatable bonds is 6. The van der Waals surface area contributed by atoms with Gasteiger partial charge in [-0.2, -0.15) is 0 Å². The lowest BCUT2D eigenvalue weighted by Crippen LogP contribution is -2.42. The average molecular weight is 405 g/mol. The van der Waals surface area contributed by atoms with E-state index in [9.17, 15) is 14.7 Å². The zero-order chi connectivity index (χ0) is 21.2. The SMILES string of the molecule is CCC(C)(C)C(=O)O[C@H]1CCC=C2C=C[C@H](C)[C@H](CCC3C[C@@H](O)CC(=O)O3)[C@H]21. The fraction of sp³-hybridized carbons (Fsp3) is 0.750. The highest BCUT2D eigenvalue weighted by atomic mass is 16.6. The van der Waals surface area contributed by atoms with E-state index in [0.717, 1.165) is 32.1 Å². The molecule has 3 rings (SSSR count). The monoisotopic (exact) mass is 404 g/mol. The molecule has 1 fully saturated rings. The maximum Gasteiger partial charge on any atom is 0.311 e. The van der Waals surface area contributed by atoms with E-state index in [2.05, 4.69) is 25.2 Å². The Morgan fingerprint density at radius 3 is 2.79 bits per heavy atom. The fourth-order valence-corrected chi connectivity index (χ4v) is 4.81. The number of esters is 2. The molecule has 2 aliphatic carbocycles. The van der Waals surface area contributed by atoms with Crippen LogP contribution >= 0.6 is 0 Å². The second-order valence-corrected chi connectivity index (χ2v) is 9.65. The summed E-state index contributed by atoms with van der Waals surface area (Å²) < 4.78 is 11.5. The van der Waals surface area contributed by atoms with Crippen LogP contribution in [-0.2, 0) is 19.1 Å². The van der Waals surface area contributed by atoms with Gasteiger partial charge in [-0.05, 0) is 63.4 Å². The number of fused-ring (bicyclic) bond motifs is 1. The molecule has 5 nitrogen and oxygen atoms in total. The van der Waals surface area contributed by atoms with Gasteiger partial charge < -0.3 is 14.6 Å². The Balaban J connectivity index is 1.72. The molecule has 5 heteroatoms. The number of carbonyl (C=O) groups excluding carboxylic acids is 2. The van der Waals surface area contributed by atoms with Crippen LogP contribution in [0, 0.1) is 23.2 Å². The van der Waals surface area contributed by atoms with Crippen molar-refractivity contribution in [2.75, 3.05) is 0 Å². The van der Waals surface area contributed by atoms with E-state index in [0.29, 0.717) is 18.3 Å². The van der Waals surface area contributed by atoms with Crippen molar-refractivity contribution in [3.05, 3.63) is 23.8 Å². The van der Waals surface area contributed by atoms with Crippen molar-refractivity contribution < 1.29 is 24.2 Å². The van der Waals surface area contributed by atoms with Crippen molar-refractivity contribution in [1.29, 1.82) is 0 Å². The predicted octanol–water partition coefficient (Wildman–Crippen LogP) is 4.34. The van der Waals surface area contributed by atoms with Crippen LogP contribution in [0.3, 0.4) is 0 Å². The van der Waals surface area contributed by atoms with E-state index in [4.69, 9.17) is 9.47 Å². The highest BCUT2D eigenvalue weighted by Gasteiger charge is 2.42. The van der Waals surface area contributed by atoms with Crippen molar-refractivity contribution in [3.63, 3.8) is 0 Å². The molecule has 0 saturated carbocycles. The third-order valence-electron chi connectivity index (χ3n) is 7.10. The molecule has 0 aromatic heterocycles. The highest BCUT2D eigenvalue weighted by molar-refractivity contribution is 5.76. The summed E-state index contributed by atoms with van der Waals surface area (Å²) in [7, 11) is 0. The second kappa shape index (κ2) is 9.03. The summed E-state index contributed by atoms with van der Waals surface area (Å²) in [6, 6.07) is 0. The minimum atomic E-state index is -0.597. The zero-order valence-corrected chi connectivity index (χ0v) is 18.2. The Hall–Kier alpha value is -1.62. The summed E-state index contributed by atoms with van der Waals surface area (Å²) in [5, 5.41) is 9.89. The van der Waals surface area contributed by atoms with Gasteiger partial charge in [-0.3, -0.25) is 9.59 Å². The quantitative estimate of drug-likeness (QED) is 0.667. The van der Waals surface area contributed by atoms with E-state index in [-0.39, 0.29) is 36.5 Å². The van der Waals surface area contributed by atoms with Crippen molar-refractivity contribution in [2.45, 2.75) is 91.0 Å². The van der Waals surface area contributed by atoms with E-state index in [1.165, 1.54) is 5.57 Å². The number of hydrogen-bond acceptors (Lipinski definition) is 5. The summed E-state index contributed by atoms with van der Waals surface area (Å²) in [5.74, 6) is 0.449. The van der Waals surface area contributed by atoms with Crippen LogP contribution in [0.1, 0.15) is 72.6 Å². The average Bonchev–Trinajstić information content (AvgIpc) is 2.66. The smallest absolute Gasteiger partial charge is 0.311 e.